The van der Waals surface area contributed by atoms with E-state index in [1.807, 2.05) is 0 Å². The Morgan fingerprint density at radius 3 is 2.86 bits per heavy atom. The molecule has 0 aromatic heterocycles. The fourth-order valence-electron chi connectivity index (χ4n) is 2.60. The Morgan fingerprint density at radius 2 is 2.29 bits per heavy atom. The molecule has 2 unspecified atom stereocenters. The fraction of sp³-hybridized carbons (Fsp3) is 0.917. The highest BCUT2D eigenvalue weighted by molar-refractivity contribution is 5.86. The van der Waals surface area contributed by atoms with Crippen molar-refractivity contribution >= 4 is 5.78 Å². The average Bonchev–Trinajstić information content (AvgIpc) is 2.16. The van der Waals surface area contributed by atoms with Crippen LogP contribution in [0.3, 0.4) is 0 Å². The van der Waals surface area contributed by atoms with Gasteiger partial charge >= 0.3 is 0 Å². The van der Waals surface area contributed by atoms with Gasteiger partial charge in [0.1, 0.15) is 5.78 Å². The number of carbonyl (C=O) groups is 1. The SMILES string of the molecule is CC1CCCN(CCC2CCC2=O)C1. The molecule has 2 aliphatic rings. The third-order valence-electron chi connectivity index (χ3n) is 3.73. The minimum absolute atomic E-state index is 0.423. The second-order valence-electron chi connectivity index (χ2n) is 5.04. The zero-order valence-corrected chi connectivity index (χ0v) is 9.17. The van der Waals surface area contributed by atoms with E-state index in [2.05, 4.69) is 11.8 Å². The normalized spacial score (nSPS) is 34.2. The van der Waals surface area contributed by atoms with E-state index in [9.17, 15) is 4.79 Å². The second kappa shape index (κ2) is 4.43. The van der Waals surface area contributed by atoms with Gasteiger partial charge in [0, 0.05) is 18.9 Å². The molecule has 2 atom stereocenters. The highest BCUT2D eigenvalue weighted by Gasteiger charge is 2.28. The van der Waals surface area contributed by atoms with Crippen LogP contribution in [0, 0.1) is 11.8 Å². The molecule has 2 heteroatoms. The van der Waals surface area contributed by atoms with Crippen LogP contribution in [0.5, 0.6) is 0 Å². The molecular weight excluding hydrogens is 174 g/mol. The van der Waals surface area contributed by atoms with E-state index in [1.54, 1.807) is 0 Å². The van der Waals surface area contributed by atoms with Gasteiger partial charge in [-0.25, -0.2) is 0 Å². The van der Waals surface area contributed by atoms with Gasteiger partial charge in [0.15, 0.2) is 0 Å². The maximum Gasteiger partial charge on any atom is 0.136 e. The summed E-state index contributed by atoms with van der Waals surface area (Å²) < 4.78 is 0. The van der Waals surface area contributed by atoms with Crippen molar-refractivity contribution in [2.24, 2.45) is 11.8 Å². The van der Waals surface area contributed by atoms with Crippen molar-refractivity contribution in [2.75, 3.05) is 19.6 Å². The minimum atomic E-state index is 0.423. The minimum Gasteiger partial charge on any atom is -0.303 e. The first-order valence-corrected chi connectivity index (χ1v) is 6.01. The van der Waals surface area contributed by atoms with E-state index in [0.717, 1.165) is 31.7 Å². The summed E-state index contributed by atoms with van der Waals surface area (Å²) in [6.07, 6.45) is 5.85. The van der Waals surface area contributed by atoms with Crippen molar-refractivity contribution in [3.05, 3.63) is 0 Å². The Labute approximate surface area is 86.7 Å². The lowest BCUT2D eigenvalue weighted by Gasteiger charge is -2.33. The molecule has 14 heavy (non-hydrogen) atoms. The summed E-state index contributed by atoms with van der Waals surface area (Å²) in [5, 5.41) is 0. The molecule has 0 radical (unpaired) electrons. The average molecular weight is 195 g/mol. The van der Waals surface area contributed by atoms with Gasteiger partial charge < -0.3 is 4.90 Å². The predicted molar refractivity (Wildman–Crippen MR) is 57.2 cm³/mol. The zero-order chi connectivity index (χ0) is 9.97. The first kappa shape index (κ1) is 10.2. The van der Waals surface area contributed by atoms with Crippen LogP contribution >= 0.6 is 0 Å². The highest BCUT2D eigenvalue weighted by atomic mass is 16.1. The van der Waals surface area contributed by atoms with Crippen molar-refractivity contribution in [3.63, 3.8) is 0 Å². The van der Waals surface area contributed by atoms with E-state index < -0.39 is 0 Å². The molecule has 0 amide bonds. The Bertz CT molecular complexity index is 214. The molecular formula is C12H21NO. The second-order valence-corrected chi connectivity index (χ2v) is 5.04. The maximum atomic E-state index is 11.1. The number of nitrogens with zero attached hydrogens (tertiary/aromatic N) is 1. The van der Waals surface area contributed by atoms with Crippen LogP contribution in [0.4, 0.5) is 0 Å². The molecule has 0 bridgehead atoms. The molecule has 0 N–H and O–H groups in total. The van der Waals surface area contributed by atoms with Gasteiger partial charge in [-0.3, -0.25) is 4.79 Å². The van der Waals surface area contributed by atoms with E-state index in [-0.39, 0.29) is 0 Å². The van der Waals surface area contributed by atoms with Crippen LogP contribution < -0.4 is 0 Å². The molecule has 1 heterocycles. The largest absolute Gasteiger partial charge is 0.303 e. The van der Waals surface area contributed by atoms with E-state index in [1.165, 1.54) is 25.9 Å². The van der Waals surface area contributed by atoms with E-state index in [0.29, 0.717) is 11.7 Å². The predicted octanol–water partition coefficient (Wildman–Crippen LogP) is 2.09. The molecule has 2 nitrogen and oxygen atoms in total. The van der Waals surface area contributed by atoms with Gasteiger partial charge in [-0.05, 0) is 44.7 Å². The van der Waals surface area contributed by atoms with Gasteiger partial charge in [0.25, 0.3) is 0 Å². The number of carbonyl (C=O) groups excluding carboxylic acids is 1. The fourth-order valence-corrected chi connectivity index (χ4v) is 2.60. The Morgan fingerprint density at radius 1 is 1.43 bits per heavy atom. The molecule has 2 rings (SSSR count). The van der Waals surface area contributed by atoms with Crippen LogP contribution in [0.2, 0.25) is 0 Å². The lowest BCUT2D eigenvalue weighted by molar-refractivity contribution is -0.129. The number of rotatable bonds is 3. The monoisotopic (exact) mass is 195 g/mol. The van der Waals surface area contributed by atoms with Gasteiger partial charge in [-0.2, -0.15) is 0 Å². The molecule has 1 saturated heterocycles. The molecule has 80 valence electrons. The number of hydrogen-bond acceptors (Lipinski definition) is 2. The Balaban J connectivity index is 1.67. The quantitative estimate of drug-likeness (QED) is 0.687. The van der Waals surface area contributed by atoms with Gasteiger partial charge in [0.05, 0.1) is 0 Å². The summed E-state index contributed by atoms with van der Waals surface area (Å²) >= 11 is 0. The van der Waals surface area contributed by atoms with Crippen LogP contribution in [-0.2, 0) is 4.79 Å². The lowest BCUT2D eigenvalue weighted by Crippen LogP contribution is -2.37. The number of ketones is 1. The summed E-state index contributed by atoms with van der Waals surface area (Å²) in [5.41, 5.74) is 0. The van der Waals surface area contributed by atoms with Crippen molar-refractivity contribution in [2.45, 2.75) is 39.0 Å². The summed E-state index contributed by atoms with van der Waals surface area (Å²) in [7, 11) is 0. The molecule has 0 aromatic rings. The van der Waals surface area contributed by atoms with Crippen molar-refractivity contribution in [1.29, 1.82) is 0 Å². The first-order chi connectivity index (χ1) is 6.75. The molecule has 2 fully saturated rings. The van der Waals surface area contributed by atoms with Crippen molar-refractivity contribution in [3.8, 4) is 0 Å². The summed E-state index contributed by atoms with van der Waals surface area (Å²) in [4.78, 5) is 13.7. The summed E-state index contributed by atoms with van der Waals surface area (Å²) in [5.74, 6) is 1.79. The van der Waals surface area contributed by atoms with E-state index >= 15 is 0 Å². The van der Waals surface area contributed by atoms with Crippen molar-refractivity contribution < 1.29 is 4.79 Å². The third-order valence-corrected chi connectivity index (χ3v) is 3.73. The first-order valence-electron chi connectivity index (χ1n) is 6.01. The summed E-state index contributed by atoms with van der Waals surface area (Å²) in [6.45, 7) is 5.99. The van der Waals surface area contributed by atoms with Crippen LogP contribution in [0.25, 0.3) is 0 Å². The highest BCUT2D eigenvalue weighted by Crippen LogP contribution is 2.26. The van der Waals surface area contributed by atoms with E-state index in [4.69, 9.17) is 0 Å². The smallest absolute Gasteiger partial charge is 0.136 e. The molecule has 0 spiro atoms. The van der Waals surface area contributed by atoms with Gasteiger partial charge in [0.2, 0.25) is 0 Å². The zero-order valence-electron chi connectivity index (χ0n) is 9.17. The topological polar surface area (TPSA) is 20.3 Å². The third kappa shape index (κ3) is 2.35. The van der Waals surface area contributed by atoms with Crippen LogP contribution in [0.15, 0.2) is 0 Å². The summed E-state index contributed by atoms with van der Waals surface area (Å²) in [6, 6.07) is 0. The molecule has 1 aliphatic carbocycles. The lowest BCUT2D eigenvalue weighted by atomic mass is 9.81. The maximum absolute atomic E-state index is 11.1. The molecule has 1 saturated carbocycles. The number of likely N-dealkylation sites (tertiary alicyclic amines) is 1. The van der Waals surface area contributed by atoms with Gasteiger partial charge in [-0.15, -0.1) is 0 Å². The molecule has 1 aliphatic heterocycles. The number of hydrogen-bond donors (Lipinski definition) is 0. The Hall–Kier alpha value is -0.370. The van der Waals surface area contributed by atoms with Gasteiger partial charge in [-0.1, -0.05) is 6.92 Å². The number of Topliss-reactive ketones (excluding diaryl/α,β-unsaturated/α-hetero) is 1. The Kier molecular flexibility index (Phi) is 3.22. The van der Waals surface area contributed by atoms with Crippen molar-refractivity contribution in [1.82, 2.24) is 4.90 Å². The molecule has 0 aromatic carbocycles. The number of piperidine rings is 1. The van der Waals surface area contributed by atoms with Crippen LogP contribution in [0.1, 0.15) is 39.0 Å². The van der Waals surface area contributed by atoms with Crippen LogP contribution in [-0.4, -0.2) is 30.3 Å². The standard InChI is InChI=1S/C12H21NO/c1-10-3-2-7-13(9-10)8-6-11-4-5-12(11)14/h10-11H,2-9H2,1H3.